The molecule has 0 saturated heterocycles. The van der Waals surface area contributed by atoms with E-state index in [2.05, 4.69) is 21.9 Å². The summed E-state index contributed by atoms with van der Waals surface area (Å²) in [6, 6.07) is 10.0. The van der Waals surface area contributed by atoms with Crippen LogP contribution in [-0.4, -0.2) is 22.7 Å². The molecule has 0 bridgehead atoms. The molecule has 0 radical (unpaired) electrons. The van der Waals surface area contributed by atoms with Crippen LogP contribution in [-0.2, 0) is 0 Å². The van der Waals surface area contributed by atoms with Gasteiger partial charge in [-0.25, -0.2) is 4.79 Å². The van der Waals surface area contributed by atoms with Crippen LogP contribution in [0.15, 0.2) is 41.4 Å². The third-order valence-corrected chi connectivity index (χ3v) is 4.28. The number of nitrogens with one attached hydrogen (secondary N) is 2. The minimum Gasteiger partial charge on any atom is -0.507 e. The molecule has 1 aromatic carbocycles. The van der Waals surface area contributed by atoms with E-state index in [1.807, 2.05) is 31.2 Å². The molecule has 0 saturated carbocycles. The van der Waals surface area contributed by atoms with E-state index >= 15 is 0 Å². The summed E-state index contributed by atoms with van der Waals surface area (Å²) < 4.78 is 5.54. The van der Waals surface area contributed by atoms with Gasteiger partial charge in [-0.05, 0) is 36.8 Å². The predicted octanol–water partition coefficient (Wildman–Crippen LogP) is 1.69. The van der Waals surface area contributed by atoms with Crippen molar-refractivity contribution in [3.8, 4) is 11.5 Å². The average molecular weight is 335 g/mol. The SMILES string of the molecule is C=c1ccc2c(O)c3c(c=2[nH]1)=NC(=O)NC3c1cccc(OCC)c1. The van der Waals surface area contributed by atoms with Gasteiger partial charge in [0.25, 0.3) is 0 Å². The quantitative estimate of drug-likeness (QED) is 0.681. The number of H-pyrrole nitrogens is 1. The molecule has 25 heavy (non-hydrogen) atoms. The Morgan fingerprint density at radius 3 is 2.96 bits per heavy atom. The Kier molecular flexibility index (Phi) is 3.46. The number of carbonyl (C=O) groups is 1. The van der Waals surface area contributed by atoms with Crippen molar-refractivity contribution in [2.24, 2.45) is 4.99 Å². The van der Waals surface area contributed by atoms with E-state index in [0.29, 0.717) is 39.2 Å². The van der Waals surface area contributed by atoms with Gasteiger partial charge >= 0.3 is 6.03 Å². The summed E-state index contributed by atoms with van der Waals surface area (Å²) in [7, 11) is 0. The summed E-state index contributed by atoms with van der Waals surface area (Å²) in [5.41, 5.74) is 1.39. The Hall–Kier alpha value is -3.28. The van der Waals surface area contributed by atoms with Crippen LogP contribution in [0.2, 0.25) is 0 Å². The van der Waals surface area contributed by atoms with Gasteiger partial charge in [0.1, 0.15) is 16.9 Å². The topological polar surface area (TPSA) is 86.7 Å². The fraction of sp³-hybridized carbons (Fsp3) is 0.158. The molecular weight excluding hydrogens is 318 g/mol. The third kappa shape index (κ3) is 2.42. The van der Waals surface area contributed by atoms with Gasteiger partial charge in [0.2, 0.25) is 0 Å². The monoisotopic (exact) mass is 335 g/mol. The van der Waals surface area contributed by atoms with Gasteiger partial charge < -0.3 is 20.1 Å². The Labute approximate surface area is 143 Å². The zero-order valence-electron chi connectivity index (χ0n) is 13.7. The predicted molar refractivity (Wildman–Crippen MR) is 92.0 cm³/mol. The normalized spacial score (nSPS) is 16.2. The number of carbonyl (C=O) groups excluding carboxylic acids is 1. The molecule has 2 amide bonds. The Balaban J connectivity index is 1.98. The first-order valence-corrected chi connectivity index (χ1v) is 8.03. The highest BCUT2D eigenvalue weighted by atomic mass is 16.5. The second kappa shape index (κ2) is 5.66. The van der Waals surface area contributed by atoms with Crippen LogP contribution in [0.1, 0.15) is 24.1 Å². The molecule has 1 aliphatic carbocycles. The molecule has 2 aliphatic heterocycles. The van der Waals surface area contributed by atoms with Crippen LogP contribution in [0, 0.1) is 10.6 Å². The van der Waals surface area contributed by atoms with Crippen LogP contribution in [0.25, 0.3) is 6.58 Å². The molecule has 1 aromatic rings. The number of fused-ring (bicyclic) bond motifs is 2. The molecule has 6 heteroatoms. The molecule has 0 spiro atoms. The first kappa shape index (κ1) is 15.3. The lowest BCUT2D eigenvalue weighted by Gasteiger charge is -2.21. The van der Waals surface area contributed by atoms with Crippen LogP contribution in [0.3, 0.4) is 0 Å². The maximum Gasteiger partial charge on any atom is 0.342 e. The fourth-order valence-corrected chi connectivity index (χ4v) is 3.23. The van der Waals surface area contributed by atoms with Crippen molar-refractivity contribution in [1.82, 2.24) is 10.3 Å². The lowest BCUT2D eigenvalue weighted by molar-refractivity contribution is 0.244. The van der Waals surface area contributed by atoms with E-state index in [4.69, 9.17) is 4.74 Å². The molecule has 3 N–H and O–H groups in total. The van der Waals surface area contributed by atoms with Gasteiger partial charge in [0, 0.05) is 16.1 Å². The van der Waals surface area contributed by atoms with E-state index in [-0.39, 0.29) is 5.75 Å². The van der Waals surface area contributed by atoms with Gasteiger partial charge in [-0.3, -0.25) is 0 Å². The number of amides is 2. The lowest BCUT2D eigenvalue weighted by atomic mass is 9.98. The van der Waals surface area contributed by atoms with Gasteiger partial charge in [-0.15, -0.1) is 0 Å². The third-order valence-electron chi connectivity index (χ3n) is 4.28. The fourth-order valence-electron chi connectivity index (χ4n) is 3.23. The number of urea groups is 1. The molecule has 4 rings (SSSR count). The first-order valence-electron chi connectivity index (χ1n) is 8.03. The van der Waals surface area contributed by atoms with Gasteiger partial charge in [-0.1, -0.05) is 18.7 Å². The Morgan fingerprint density at radius 1 is 1.32 bits per heavy atom. The molecule has 126 valence electrons. The summed E-state index contributed by atoms with van der Waals surface area (Å²) >= 11 is 0. The lowest BCUT2D eigenvalue weighted by Crippen LogP contribution is -2.36. The second-order valence-corrected chi connectivity index (χ2v) is 5.88. The number of hydrogen-bond acceptors (Lipinski definition) is 3. The van der Waals surface area contributed by atoms with Crippen molar-refractivity contribution in [2.45, 2.75) is 13.0 Å². The maximum absolute atomic E-state index is 12.1. The number of rotatable bonds is 3. The number of aromatic nitrogens is 1. The summed E-state index contributed by atoms with van der Waals surface area (Å²) in [6.07, 6.45) is 0. The van der Waals surface area contributed by atoms with Crippen molar-refractivity contribution in [3.05, 3.63) is 68.8 Å². The van der Waals surface area contributed by atoms with Crippen molar-refractivity contribution >= 4 is 12.6 Å². The number of ether oxygens (including phenoxy) is 1. The summed E-state index contributed by atoms with van der Waals surface area (Å²) in [5, 5.41) is 15.9. The highest BCUT2D eigenvalue weighted by Gasteiger charge is 2.28. The van der Waals surface area contributed by atoms with Crippen LogP contribution >= 0.6 is 0 Å². The zero-order chi connectivity index (χ0) is 17.6. The van der Waals surface area contributed by atoms with E-state index in [0.717, 1.165) is 5.56 Å². The van der Waals surface area contributed by atoms with Crippen molar-refractivity contribution < 1.29 is 14.6 Å². The molecule has 2 heterocycles. The molecule has 1 atom stereocenters. The van der Waals surface area contributed by atoms with E-state index in [9.17, 15) is 9.90 Å². The number of aromatic amines is 1. The average Bonchev–Trinajstić information content (AvgIpc) is 2.87. The number of benzene rings is 1. The Morgan fingerprint density at radius 2 is 2.16 bits per heavy atom. The molecule has 0 fully saturated rings. The molecule has 3 aliphatic rings. The summed E-state index contributed by atoms with van der Waals surface area (Å²) in [6.45, 7) is 6.32. The minimum absolute atomic E-state index is 0.108. The summed E-state index contributed by atoms with van der Waals surface area (Å²) in [4.78, 5) is 19.3. The number of nitrogens with zero attached hydrogens (tertiary/aromatic N) is 1. The second-order valence-electron chi connectivity index (χ2n) is 5.88. The largest absolute Gasteiger partial charge is 0.507 e. The van der Waals surface area contributed by atoms with E-state index in [1.165, 1.54) is 0 Å². The van der Waals surface area contributed by atoms with Crippen LogP contribution in [0.5, 0.6) is 11.5 Å². The maximum atomic E-state index is 12.1. The van der Waals surface area contributed by atoms with E-state index < -0.39 is 12.1 Å². The molecule has 6 nitrogen and oxygen atoms in total. The van der Waals surface area contributed by atoms with Crippen molar-refractivity contribution in [2.75, 3.05) is 6.61 Å². The summed E-state index contributed by atoms with van der Waals surface area (Å²) in [5.74, 6) is 0.817. The number of aromatic hydroxyl groups is 1. The van der Waals surface area contributed by atoms with E-state index in [1.54, 1.807) is 12.1 Å². The highest BCUT2D eigenvalue weighted by molar-refractivity contribution is 5.78. The number of hydrogen-bond donors (Lipinski definition) is 3. The van der Waals surface area contributed by atoms with Gasteiger partial charge in [0.05, 0.1) is 18.0 Å². The van der Waals surface area contributed by atoms with Gasteiger partial charge in [0.15, 0.2) is 0 Å². The molecule has 0 aromatic heterocycles. The van der Waals surface area contributed by atoms with Crippen LogP contribution in [0.4, 0.5) is 4.79 Å². The van der Waals surface area contributed by atoms with Crippen molar-refractivity contribution in [3.63, 3.8) is 0 Å². The smallest absolute Gasteiger partial charge is 0.342 e. The Bertz CT molecular complexity index is 1150. The molecular formula is C19H17N3O3. The first-order chi connectivity index (χ1) is 12.1. The zero-order valence-corrected chi connectivity index (χ0v) is 13.7. The standard InChI is InChI=1S/C19H17N3O3/c1-3-25-12-6-4-5-11(9-12)15-14-17(22-19(24)21-15)16-13(18(14)23)8-7-10(2)20-16/h4-9,15,20,23H,2-3H2,1H3,(H,21,24). The van der Waals surface area contributed by atoms with Crippen LogP contribution < -0.4 is 20.8 Å². The highest BCUT2D eigenvalue weighted by Crippen LogP contribution is 2.31. The minimum atomic E-state index is -0.505. The molecule has 1 unspecified atom stereocenters. The van der Waals surface area contributed by atoms with Crippen molar-refractivity contribution in [1.29, 1.82) is 0 Å². The van der Waals surface area contributed by atoms with Gasteiger partial charge in [-0.2, -0.15) is 4.99 Å².